The second-order valence-electron chi connectivity index (χ2n) is 5.51. The average molecular weight is 277 g/mol. The minimum atomic E-state index is -1.01. The summed E-state index contributed by atoms with van der Waals surface area (Å²) in [4.78, 5) is 23.4. The summed E-state index contributed by atoms with van der Waals surface area (Å²) in [6, 6.07) is 4.71. The lowest BCUT2D eigenvalue weighted by molar-refractivity contribution is -0.131. The molecule has 0 aliphatic carbocycles. The van der Waals surface area contributed by atoms with Crippen molar-refractivity contribution in [3.63, 3.8) is 0 Å². The standard InChI is InChI=1S/C15H19NO4/c1-10-4-5-11(13(17)18)8-12(10)16-14(19)15(2)6-3-7-20-9-15/h4-5,8H,3,6-7,9H2,1-2H3,(H,16,19)(H,17,18). The van der Waals surface area contributed by atoms with Gasteiger partial charge in [-0.1, -0.05) is 6.07 Å². The van der Waals surface area contributed by atoms with Crippen LogP contribution >= 0.6 is 0 Å². The molecule has 1 heterocycles. The lowest BCUT2D eigenvalue weighted by Crippen LogP contribution is -2.40. The van der Waals surface area contributed by atoms with E-state index in [0.29, 0.717) is 18.9 Å². The monoisotopic (exact) mass is 277 g/mol. The van der Waals surface area contributed by atoms with Crippen LogP contribution in [0.5, 0.6) is 0 Å². The van der Waals surface area contributed by atoms with Crippen molar-refractivity contribution in [1.82, 2.24) is 0 Å². The molecule has 1 unspecified atom stereocenters. The first-order chi connectivity index (χ1) is 9.42. The number of nitrogens with one attached hydrogen (secondary N) is 1. The van der Waals surface area contributed by atoms with Crippen LogP contribution in [-0.2, 0) is 9.53 Å². The maximum absolute atomic E-state index is 12.4. The van der Waals surface area contributed by atoms with Crippen LogP contribution in [0.2, 0.25) is 0 Å². The molecule has 0 aromatic heterocycles. The first kappa shape index (κ1) is 14.5. The Bertz CT molecular complexity index is 533. The van der Waals surface area contributed by atoms with Gasteiger partial charge in [-0.2, -0.15) is 0 Å². The Kier molecular flexibility index (Phi) is 4.09. The molecule has 1 amide bonds. The summed E-state index contributed by atoms with van der Waals surface area (Å²) in [5.74, 6) is -1.13. The van der Waals surface area contributed by atoms with E-state index in [2.05, 4.69) is 5.32 Å². The summed E-state index contributed by atoms with van der Waals surface area (Å²) < 4.78 is 5.38. The van der Waals surface area contributed by atoms with Gasteiger partial charge in [0.2, 0.25) is 5.91 Å². The summed E-state index contributed by atoms with van der Waals surface area (Å²) in [5, 5.41) is 11.8. The minimum Gasteiger partial charge on any atom is -0.478 e. The number of anilines is 1. The molecular formula is C15H19NO4. The van der Waals surface area contributed by atoms with Gasteiger partial charge in [0.05, 0.1) is 17.6 Å². The zero-order valence-corrected chi connectivity index (χ0v) is 11.7. The van der Waals surface area contributed by atoms with E-state index in [-0.39, 0.29) is 11.5 Å². The Morgan fingerprint density at radius 1 is 1.40 bits per heavy atom. The van der Waals surface area contributed by atoms with E-state index in [4.69, 9.17) is 9.84 Å². The first-order valence-corrected chi connectivity index (χ1v) is 6.65. The van der Waals surface area contributed by atoms with Gasteiger partial charge in [0.15, 0.2) is 0 Å². The molecule has 1 aromatic rings. The number of benzene rings is 1. The Balaban J connectivity index is 2.18. The molecule has 0 bridgehead atoms. The summed E-state index contributed by atoms with van der Waals surface area (Å²) in [7, 11) is 0. The fourth-order valence-electron chi connectivity index (χ4n) is 2.28. The molecule has 1 fully saturated rings. The molecular weight excluding hydrogens is 258 g/mol. The first-order valence-electron chi connectivity index (χ1n) is 6.65. The molecule has 1 aromatic carbocycles. The maximum atomic E-state index is 12.4. The molecule has 1 saturated heterocycles. The zero-order chi connectivity index (χ0) is 14.8. The van der Waals surface area contributed by atoms with Crippen LogP contribution in [0.1, 0.15) is 35.7 Å². The highest BCUT2D eigenvalue weighted by molar-refractivity contribution is 5.97. The van der Waals surface area contributed by atoms with Crippen LogP contribution in [0.4, 0.5) is 5.69 Å². The largest absolute Gasteiger partial charge is 0.478 e. The van der Waals surface area contributed by atoms with Crippen molar-refractivity contribution in [2.75, 3.05) is 18.5 Å². The highest BCUT2D eigenvalue weighted by Crippen LogP contribution is 2.30. The highest BCUT2D eigenvalue weighted by atomic mass is 16.5. The van der Waals surface area contributed by atoms with E-state index in [1.807, 2.05) is 13.8 Å². The lowest BCUT2D eigenvalue weighted by atomic mass is 9.83. The van der Waals surface area contributed by atoms with Gasteiger partial charge in [0.1, 0.15) is 0 Å². The Labute approximate surface area is 117 Å². The number of carboxylic acid groups (broad SMARTS) is 1. The van der Waals surface area contributed by atoms with Gasteiger partial charge in [-0.25, -0.2) is 4.79 Å². The number of carbonyl (C=O) groups excluding carboxylic acids is 1. The molecule has 0 radical (unpaired) electrons. The van der Waals surface area contributed by atoms with Crippen LogP contribution in [0.15, 0.2) is 18.2 Å². The predicted molar refractivity (Wildman–Crippen MR) is 74.9 cm³/mol. The summed E-state index contributed by atoms with van der Waals surface area (Å²) >= 11 is 0. The number of hydrogen-bond acceptors (Lipinski definition) is 3. The third kappa shape index (κ3) is 2.99. The van der Waals surface area contributed by atoms with Crippen LogP contribution in [0.3, 0.4) is 0 Å². The molecule has 5 nitrogen and oxygen atoms in total. The van der Waals surface area contributed by atoms with E-state index in [1.54, 1.807) is 6.07 Å². The van der Waals surface area contributed by atoms with Crippen molar-refractivity contribution in [1.29, 1.82) is 0 Å². The average Bonchev–Trinajstić information content (AvgIpc) is 2.41. The molecule has 2 N–H and O–H groups in total. The molecule has 1 atom stereocenters. The number of aryl methyl sites for hydroxylation is 1. The number of aromatic carboxylic acids is 1. The van der Waals surface area contributed by atoms with Gasteiger partial charge in [-0.05, 0) is 44.4 Å². The molecule has 2 rings (SSSR count). The molecule has 1 aliphatic heterocycles. The second kappa shape index (κ2) is 5.63. The number of ether oxygens (including phenoxy) is 1. The molecule has 0 saturated carbocycles. The van der Waals surface area contributed by atoms with Gasteiger partial charge in [0.25, 0.3) is 0 Å². The summed E-state index contributed by atoms with van der Waals surface area (Å²) in [6.45, 7) is 4.80. The van der Waals surface area contributed by atoms with Crippen LogP contribution in [0, 0.1) is 12.3 Å². The molecule has 0 spiro atoms. The fraction of sp³-hybridized carbons (Fsp3) is 0.467. The van der Waals surface area contributed by atoms with Gasteiger partial charge < -0.3 is 15.2 Å². The molecule has 20 heavy (non-hydrogen) atoms. The molecule has 1 aliphatic rings. The van der Waals surface area contributed by atoms with Gasteiger partial charge >= 0.3 is 5.97 Å². The zero-order valence-electron chi connectivity index (χ0n) is 11.7. The van der Waals surface area contributed by atoms with Crippen molar-refractivity contribution in [2.45, 2.75) is 26.7 Å². The number of carbonyl (C=O) groups is 2. The Hall–Kier alpha value is -1.88. The normalized spacial score (nSPS) is 22.3. The van der Waals surface area contributed by atoms with E-state index >= 15 is 0 Å². The number of hydrogen-bond donors (Lipinski definition) is 2. The van der Waals surface area contributed by atoms with E-state index in [9.17, 15) is 9.59 Å². The topological polar surface area (TPSA) is 75.6 Å². The quantitative estimate of drug-likeness (QED) is 0.889. The van der Waals surface area contributed by atoms with Crippen molar-refractivity contribution in [3.8, 4) is 0 Å². The smallest absolute Gasteiger partial charge is 0.335 e. The SMILES string of the molecule is Cc1ccc(C(=O)O)cc1NC(=O)C1(C)CCCOC1. The van der Waals surface area contributed by atoms with E-state index < -0.39 is 11.4 Å². The third-order valence-corrected chi connectivity index (χ3v) is 3.72. The van der Waals surface area contributed by atoms with Gasteiger partial charge in [-0.15, -0.1) is 0 Å². The third-order valence-electron chi connectivity index (χ3n) is 3.72. The van der Waals surface area contributed by atoms with Crippen molar-refractivity contribution >= 4 is 17.6 Å². The van der Waals surface area contributed by atoms with Crippen molar-refractivity contribution in [3.05, 3.63) is 29.3 Å². The van der Waals surface area contributed by atoms with Crippen LogP contribution in [0.25, 0.3) is 0 Å². The number of amides is 1. The van der Waals surface area contributed by atoms with Crippen LogP contribution in [-0.4, -0.2) is 30.2 Å². The second-order valence-corrected chi connectivity index (χ2v) is 5.51. The minimum absolute atomic E-state index is 0.122. The number of rotatable bonds is 3. The van der Waals surface area contributed by atoms with Gasteiger partial charge in [-0.3, -0.25) is 4.79 Å². The van der Waals surface area contributed by atoms with Crippen LogP contribution < -0.4 is 5.32 Å². The van der Waals surface area contributed by atoms with Crippen molar-refractivity contribution in [2.24, 2.45) is 5.41 Å². The Morgan fingerprint density at radius 2 is 2.15 bits per heavy atom. The van der Waals surface area contributed by atoms with E-state index in [1.165, 1.54) is 12.1 Å². The molecule has 5 heteroatoms. The van der Waals surface area contributed by atoms with Gasteiger partial charge in [0, 0.05) is 12.3 Å². The highest BCUT2D eigenvalue weighted by Gasteiger charge is 2.35. The van der Waals surface area contributed by atoms with E-state index in [0.717, 1.165) is 18.4 Å². The predicted octanol–water partition coefficient (Wildman–Crippen LogP) is 2.45. The lowest BCUT2D eigenvalue weighted by Gasteiger charge is -2.32. The number of carboxylic acids is 1. The van der Waals surface area contributed by atoms with Crippen molar-refractivity contribution < 1.29 is 19.4 Å². The maximum Gasteiger partial charge on any atom is 0.335 e. The molecule has 108 valence electrons. The summed E-state index contributed by atoms with van der Waals surface area (Å²) in [6.07, 6.45) is 1.63. The Morgan fingerprint density at radius 3 is 2.75 bits per heavy atom. The summed E-state index contributed by atoms with van der Waals surface area (Å²) in [5.41, 5.74) is 0.991. The fourth-order valence-corrected chi connectivity index (χ4v) is 2.28.